The molecule has 3 N–H and O–H groups in total. The summed E-state index contributed by atoms with van der Waals surface area (Å²) in [5, 5.41) is 18.2. The molecule has 0 heterocycles. The van der Waals surface area contributed by atoms with E-state index in [0.29, 0.717) is 6.04 Å². The number of halogens is 1. The molecule has 124 valence electrons. The molecule has 0 saturated carbocycles. The number of unbranched alkanes of at least 4 members (excludes halogenated alkanes) is 1. The second-order valence-electron chi connectivity index (χ2n) is 4.73. The first-order valence-electron chi connectivity index (χ1n) is 6.91. The van der Waals surface area contributed by atoms with Crippen LogP contribution < -0.4 is 10.1 Å². The number of hydrogen-bond acceptors (Lipinski definition) is 4. The van der Waals surface area contributed by atoms with Crippen LogP contribution in [0.2, 0.25) is 0 Å². The number of ether oxygens (including phenoxy) is 1. The number of hydrogen-bond donors (Lipinski definition) is 3. The van der Waals surface area contributed by atoms with Crippen molar-refractivity contribution in [3.63, 3.8) is 0 Å². The van der Waals surface area contributed by atoms with Crippen LogP contribution in [0.1, 0.15) is 26.7 Å². The van der Waals surface area contributed by atoms with E-state index in [9.17, 15) is 0 Å². The highest BCUT2D eigenvalue weighted by Crippen LogP contribution is 2.17. The van der Waals surface area contributed by atoms with Crippen molar-refractivity contribution in [3.8, 4) is 5.75 Å². The van der Waals surface area contributed by atoms with Crippen LogP contribution in [-0.4, -0.2) is 41.3 Å². The number of carboxylic acids is 2. The summed E-state index contributed by atoms with van der Waals surface area (Å²) in [4.78, 5) is 18.2. The average Bonchev–Trinajstić information content (AvgIpc) is 2.43. The van der Waals surface area contributed by atoms with Gasteiger partial charge in [0.1, 0.15) is 5.75 Å². The number of nitrogens with one attached hydrogen (secondary N) is 1. The molecular weight excluding hydrogens is 354 g/mol. The van der Waals surface area contributed by atoms with Crippen molar-refractivity contribution in [2.45, 2.75) is 32.7 Å². The highest BCUT2D eigenvalue weighted by Gasteiger charge is 2.04. The molecule has 0 bridgehead atoms. The molecule has 0 aliphatic heterocycles. The summed E-state index contributed by atoms with van der Waals surface area (Å²) in [6.07, 6.45) is 2.25. The third-order valence-electron chi connectivity index (χ3n) is 2.37. The van der Waals surface area contributed by atoms with Crippen molar-refractivity contribution in [3.05, 3.63) is 28.7 Å². The molecule has 0 fully saturated rings. The predicted octanol–water partition coefficient (Wildman–Crippen LogP) is 2.76. The zero-order valence-corrected chi connectivity index (χ0v) is 14.3. The SMILES string of the molecule is CC(C)NCCCCOc1cccc(Br)c1.O=C(O)C(=O)O. The molecule has 1 aromatic rings. The first kappa shape index (κ1) is 20.4. The van der Waals surface area contributed by atoms with Gasteiger partial charge in [-0.15, -0.1) is 0 Å². The predicted molar refractivity (Wildman–Crippen MR) is 87.3 cm³/mol. The molecule has 7 heteroatoms. The maximum atomic E-state index is 9.10. The van der Waals surface area contributed by atoms with Crippen LogP contribution >= 0.6 is 15.9 Å². The molecule has 0 aliphatic carbocycles. The van der Waals surface area contributed by atoms with E-state index in [2.05, 4.69) is 35.1 Å². The monoisotopic (exact) mass is 375 g/mol. The Morgan fingerprint density at radius 3 is 2.36 bits per heavy atom. The van der Waals surface area contributed by atoms with Gasteiger partial charge in [0.05, 0.1) is 6.61 Å². The van der Waals surface area contributed by atoms with E-state index in [1.54, 1.807) is 0 Å². The molecule has 0 atom stereocenters. The summed E-state index contributed by atoms with van der Waals surface area (Å²) < 4.78 is 6.70. The minimum atomic E-state index is -1.82. The lowest BCUT2D eigenvalue weighted by molar-refractivity contribution is -0.159. The first-order valence-corrected chi connectivity index (χ1v) is 7.70. The maximum absolute atomic E-state index is 9.10. The van der Waals surface area contributed by atoms with E-state index < -0.39 is 11.9 Å². The maximum Gasteiger partial charge on any atom is 0.414 e. The lowest BCUT2D eigenvalue weighted by Gasteiger charge is -2.08. The number of benzene rings is 1. The Labute approximate surface area is 138 Å². The van der Waals surface area contributed by atoms with Crippen LogP contribution in [-0.2, 0) is 9.59 Å². The molecule has 1 aromatic carbocycles. The van der Waals surface area contributed by atoms with Crippen LogP contribution in [0.4, 0.5) is 0 Å². The lowest BCUT2D eigenvalue weighted by Crippen LogP contribution is -2.23. The largest absolute Gasteiger partial charge is 0.494 e. The summed E-state index contributed by atoms with van der Waals surface area (Å²) in [6, 6.07) is 8.54. The second kappa shape index (κ2) is 12.0. The number of aliphatic carboxylic acids is 2. The van der Waals surface area contributed by atoms with Gasteiger partial charge in [-0.05, 0) is 37.6 Å². The van der Waals surface area contributed by atoms with Gasteiger partial charge in [-0.1, -0.05) is 35.8 Å². The summed E-state index contributed by atoms with van der Waals surface area (Å²) in [7, 11) is 0. The quantitative estimate of drug-likeness (QED) is 0.500. The van der Waals surface area contributed by atoms with Crippen molar-refractivity contribution in [2.24, 2.45) is 0 Å². The summed E-state index contributed by atoms with van der Waals surface area (Å²) in [5.74, 6) is -2.71. The third-order valence-corrected chi connectivity index (χ3v) is 2.86. The van der Waals surface area contributed by atoms with Gasteiger partial charge in [-0.3, -0.25) is 0 Å². The van der Waals surface area contributed by atoms with Crippen LogP contribution in [0.3, 0.4) is 0 Å². The molecule has 0 spiro atoms. The molecule has 22 heavy (non-hydrogen) atoms. The van der Waals surface area contributed by atoms with E-state index in [4.69, 9.17) is 24.5 Å². The van der Waals surface area contributed by atoms with Crippen molar-refractivity contribution in [1.82, 2.24) is 5.32 Å². The Bertz CT molecular complexity index is 453. The standard InChI is InChI=1S/C13H20BrNO.C2H2O4/c1-11(2)15-8-3-4-9-16-13-7-5-6-12(14)10-13;3-1(4)2(5)6/h5-7,10-11,15H,3-4,8-9H2,1-2H3;(H,3,4)(H,5,6). The summed E-state index contributed by atoms with van der Waals surface area (Å²) in [6.45, 7) is 6.19. The van der Waals surface area contributed by atoms with Gasteiger partial charge >= 0.3 is 11.9 Å². The molecule has 0 aromatic heterocycles. The molecule has 0 unspecified atom stereocenters. The molecule has 0 amide bonds. The highest BCUT2D eigenvalue weighted by atomic mass is 79.9. The van der Waals surface area contributed by atoms with Crippen LogP contribution in [0.5, 0.6) is 5.75 Å². The van der Waals surface area contributed by atoms with Gasteiger partial charge in [0.2, 0.25) is 0 Å². The lowest BCUT2D eigenvalue weighted by atomic mass is 10.3. The molecular formula is C15H22BrNO5. The summed E-state index contributed by atoms with van der Waals surface area (Å²) >= 11 is 3.42. The topological polar surface area (TPSA) is 95.9 Å². The van der Waals surface area contributed by atoms with Crippen molar-refractivity contribution in [2.75, 3.05) is 13.2 Å². The molecule has 6 nitrogen and oxygen atoms in total. The van der Waals surface area contributed by atoms with E-state index in [0.717, 1.165) is 36.2 Å². The van der Waals surface area contributed by atoms with Gasteiger partial charge in [0.15, 0.2) is 0 Å². The second-order valence-corrected chi connectivity index (χ2v) is 5.65. The Morgan fingerprint density at radius 2 is 1.86 bits per heavy atom. The Hall–Kier alpha value is -1.60. The zero-order chi connectivity index (χ0) is 17.0. The minimum absolute atomic E-state index is 0.575. The van der Waals surface area contributed by atoms with Gasteiger partial charge < -0.3 is 20.3 Å². The van der Waals surface area contributed by atoms with E-state index in [1.165, 1.54) is 0 Å². The number of carboxylic acid groups (broad SMARTS) is 2. The van der Waals surface area contributed by atoms with Crippen molar-refractivity contribution < 1.29 is 24.5 Å². The molecule has 1 rings (SSSR count). The normalized spacial score (nSPS) is 9.82. The Balaban J connectivity index is 0.000000626. The Kier molecular flexibility index (Phi) is 11.1. The van der Waals surface area contributed by atoms with Crippen LogP contribution in [0.25, 0.3) is 0 Å². The molecule has 0 radical (unpaired) electrons. The third kappa shape index (κ3) is 12.2. The minimum Gasteiger partial charge on any atom is -0.494 e. The highest BCUT2D eigenvalue weighted by molar-refractivity contribution is 9.10. The Morgan fingerprint density at radius 1 is 1.23 bits per heavy atom. The van der Waals surface area contributed by atoms with Gasteiger partial charge in [0, 0.05) is 10.5 Å². The van der Waals surface area contributed by atoms with Crippen LogP contribution in [0, 0.1) is 0 Å². The average molecular weight is 376 g/mol. The van der Waals surface area contributed by atoms with Crippen molar-refractivity contribution in [1.29, 1.82) is 0 Å². The molecule has 0 saturated heterocycles. The van der Waals surface area contributed by atoms with E-state index in [1.807, 2.05) is 24.3 Å². The number of carbonyl (C=O) groups is 2. The van der Waals surface area contributed by atoms with Gasteiger partial charge in [-0.2, -0.15) is 0 Å². The smallest absolute Gasteiger partial charge is 0.414 e. The zero-order valence-electron chi connectivity index (χ0n) is 12.7. The van der Waals surface area contributed by atoms with Crippen molar-refractivity contribution >= 4 is 27.9 Å². The molecule has 0 aliphatic rings. The first-order chi connectivity index (χ1) is 10.3. The van der Waals surface area contributed by atoms with Gasteiger partial charge in [0.25, 0.3) is 0 Å². The van der Waals surface area contributed by atoms with E-state index >= 15 is 0 Å². The summed E-state index contributed by atoms with van der Waals surface area (Å²) in [5.41, 5.74) is 0. The van der Waals surface area contributed by atoms with Crippen LogP contribution in [0.15, 0.2) is 28.7 Å². The fraction of sp³-hybridized carbons (Fsp3) is 0.467. The fourth-order valence-electron chi connectivity index (χ4n) is 1.36. The van der Waals surface area contributed by atoms with Gasteiger partial charge in [-0.25, -0.2) is 9.59 Å². The fourth-order valence-corrected chi connectivity index (χ4v) is 1.74. The number of rotatable bonds is 7. The van der Waals surface area contributed by atoms with E-state index in [-0.39, 0.29) is 0 Å².